The molecule has 1 aromatic heterocycles. The molecule has 0 saturated heterocycles. The highest BCUT2D eigenvalue weighted by atomic mass is 32.2. The average Bonchev–Trinajstić information content (AvgIpc) is 2.71. The van der Waals surface area contributed by atoms with Gasteiger partial charge in [0.1, 0.15) is 5.51 Å². The van der Waals surface area contributed by atoms with Gasteiger partial charge in [0.25, 0.3) is 5.16 Å². The average molecular weight is 240 g/mol. The number of hydrogen-bond acceptors (Lipinski definition) is 5. The Labute approximate surface area is 91.7 Å². The Morgan fingerprint density at radius 2 is 1.87 bits per heavy atom. The molecule has 0 aliphatic carbocycles. The fourth-order valence-electron chi connectivity index (χ4n) is 1.10. The molecule has 0 saturated carbocycles. The van der Waals surface area contributed by atoms with Crippen molar-refractivity contribution in [1.29, 1.82) is 0 Å². The quantitative estimate of drug-likeness (QED) is 0.801. The first-order valence-corrected chi connectivity index (χ1v) is 6.51. The molecule has 0 unspecified atom stereocenters. The topological polar surface area (TPSA) is 59.9 Å². The lowest BCUT2D eigenvalue weighted by Crippen LogP contribution is -2.03. The minimum atomic E-state index is -3.52. The van der Waals surface area contributed by atoms with E-state index < -0.39 is 9.84 Å². The van der Waals surface area contributed by atoms with Crippen LogP contribution in [-0.2, 0) is 9.84 Å². The predicted molar refractivity (Wildman–Crippen MR) is 56.5 cm³/mol. The fraction of sp³-hybridized carbons (Fsp3) is 0.111. The molecule has 15 heavy (non-hydrogen) atoms. The maximum absolute atomic E-state index is 11.9. The monoisotopic (exact) mass is 240 g/mol. The second-order valence-corrected chi connectivity index (χ2v) is 5.48. The van der Waals surface area contributed by atoms with Crippen LogP contribution in [0, 0.1) is 6.92 Å². The summed E-state index contributed by atoms with van der Waals surface area (Å²) in [6, 6.07) is 6.62. The second kappa shape index (κ2) is 3.71. The van der Waals surface area contributed by atoms with E-state index in [1.54, 1.807) is 24.3 Å². The number of hydrogen-bond donors (Lipinski definition) is 0. The molecule has 4 nitrogen and oxygen atoms in total. The van der Waals surface area contributed by atoms with Crippen molar-refractivity contribution < 1.29 is 8.42 Å². The summed E-state index contributed by atoms with van der Waals surface area (Å²) in [5, 5.41) is -0.128. The molecule has 6 heteroatoms. The summed E-state index contributed by atoms with van der Waals surface area (Å²) in [6.07, 6.45) is 0. The fourth-order valence-corrected chi connectivity index (χ4v) is 2.92. The highest BCUT2D eigenvalue weighted by Crippen LogP contribution is 2.18. The standard InChI is InChI=1S/C9H8N2O2S2/c1-7-2-4-8(5-3-7)15(12,13)9-10-6-14-11-9/h2-6H,1H3. The molecule has 0 fully saturated rings. The number of benzene rings is 1. The molecular weight excluding hydrogens is 232 g/mol. The van der Waals surface area contributed by atoms with Gasteiger partial charge < -0.3 is 0 Å². The van der Waals surface area contributed by atoms with Crippen LogP contribution in [0.15, 0.2) is 39.8 Å². The molecule has 0 aliphatic rings. The molecule has 2 rings (SSSR count). The van der Waals surface area contributed by atoms with Crippen LogP contribution >= 0.6 is 11.5 Å². The summed E-state index contributed by atoms with van der Waals surface area (Å²) in [4.78, 5) is 3.93. The minimum Gasteiger partial charge on any atom is -0.215 e. The van der Waals surface area contributed by atoms with Crippen LogP contribution in [0.3, 0.4) is 0 Å². The van der Waals surface area contributed by atoms with Crippen LogP contribution < -0.4 is 0 Å². The van der Waals surface area contributed by atoms with Gasteiger partial charge in [-0.15, -0.1) is 0 Å². The summed E-state index contributed by atoms with van der Waals surface area (Å²) in [7, 11) is -3.52. The van der Waals surface area contributed by atoms with E-state index in [-0.39, 0.29) is 10.1 Å². The number of nitrogens with zero attached hydrogens (tertiary/aromatic N) is 2. The van der Waals surface area contributed by atoms with Crippen molar-refractivity contribution in [3.63, 3.8) is 0 Å². The first-order chi connectivity index (χ1) is 7.10. The maximum atomic E-state index is 11.9. The van der Waals surface area contributed by atoms with Crippen LogP contribution in [0.1, 0.15) is 5.56 Å². The van der Waals surface area contributed by atoms with Crippen LogP contribution in [0.25, 0.3) is 0 Å². The van der Waals surface area contributed by atoms with Gasteiger partial charge in [0.15, 0.2) is 0 Å². The molecule has 0 amide bonds. The molecule has 78 valence electrons. The van der Waals surface area contributed by atoms with E-state index in [0.717, 1.165) is 17.1 Å². The lowest BCUT2D eigenvalue weighted by Gasteiger charge is -1.99. The molecule has 0 spiro atoms. The largest absolute Gasteiger partial charge is 0.263 e. The Hall–Kier alpha value is -1.27. The van der Waals surface area contributed by atoms with Crippen molar-refractivity contribution in [3.05, 3.63) is 35.3 Å². The zero-order valence-electron chi connectivity index (χ0n) is 7.91. The number of aromatic nitrogens is 2. The Bertz CT molecular complexity index is 544. The Morgan fingerprint density at radius 1 is 1.20 bits per heavy atom. The van der Waals surface area contributed by atoms with Crippen molar-refractivity contribution in [2.45, 2.75) is 17.0 Å². The molecule has 1 heterocycles. The minimum absolute atomic E-state index is 0.128. The summed E-state index contributed by atoms with van der Waals surface area (Å²) >= 11 is 1.02. The third-order valence-corrected chi connectivity index (χ3v) is 4.08. The lowest BCUT2D eigenvalue weighted by molar-refractivity contribution is 0.589. The lowest BCUT2D eigenvalue weighted by atomic mass is 10.2. The van der Waals surface area contributed by atoms with E-state index >= 15 is 0 Å². The van der Waals surface area contributed by atoms with Crippen molar-refractivity contribution in [2.24, 2.45) is 0 Å². The third-order valence-electron chi connectivity index (χ3n) is 1.91. The molecular formula is C9H8N2O2S2. The van der Waals surface area contributed by atoms with Crippen LogP contribution in [-0.4, -0.2) is 17.8 Å². The van der Waals surface area contributed by atoms with Gasteiger partial charge in [0, 0.05) is 0 Å². The Kier molecular flexibility index (Phi) is 2.54. The first kappa shape index (κ1) is 10.3. The molecule has 0 N–H and O–H groups in total. The summed E-state index contributed by atoms with van der Waals surface area (Å²) in [5.74, 6) is 0. The zero-order chi connectivity index (χ0) is 10.9. The first-order valence-electron chi connectivity index (χ1n) is 4.19. The molecule has 2 aromatic rings. The van der Waals surface area contributed by atoms with E-state index in [9.17, 15) is 8.42 Å². The number of sulfone groups is 1. The SMILES string of the molecule is Cc1ccc(S(=O)(=O)c2ncsn2)cc1. The predicted octanol–water partition coefficient (Wildman–Crippen LogP) is 1.68. The summed E-state index contributed by atoms with van der Waals surface area (Å²) in [5.41, 5.74) is 2.42. The maximum Gasteiger partial charge on any atom is 0.263 e. The van der Waals surface area contributed by atoms with Crippen molar-refractivity contribution >= 4 is 21.4 Å². The number of aryl methyl sites for hydroxylation is 1. The molecule has 0 aliphatic heterocycles. The van der Waals surface area contributed by atoms with Gasteiger partial charge in [-0.05, 0) is 30.6 Å². The van der Waals surface area contributed by atoms with Crippen molar-refractivity contribution in [1.82, 2.24) is 9.36 Å². The molecule has 0 atom stereocenters. The second-order valence-electron chi connectivity index (χ2n) is 3.03. The van der Waals surface area contributed by atoms with E-state index in [1.165, 1.54) is 5.51 Å². The van der Waals surface area contributed by atoms with Gasteiger partial charge in [-0.2, -0.15) is 4.37 Å². The normalized spacial score (nSPS) is 11.5. The summed E-state index contributed by atoms with van der Waals surface area (Å²) in [6.45, 7) is 1.90. The van der Waals surface area contributed by atoms with E-state index in [0.29, 0.717) is 0 Å². The van der Waals surface area contributed by atoms with E-state index in [1.807, 2.05) is 6.92 Å². The van der Waals surface area contributed by atoms with Crippen LogP contribution in [0.2, 0.25) is 0 Å². The highest BCUT2D eigenvalue weighted by Gasteiger charge is 2.20. The highest BCUT2D eigenvalue weighted by molar-refractivity contribution is 7.91. The zero-order valence-corrected chi connectivity index (χ0v) is 9.55. The van der Waals surface area contributed by atoms with Gasteiger partial charge >= 0.3 is 0 Å². The van der Waals surface area contributed by atoms with Crippen LogP contribution in [0.4, 0.5) is 0 Å². The van der Waals surface area contributed by atoms with Gasteiger partial charge in [-0.25, -0.2) is 13.4 Å². The van der Waals surface area contributed by atoms with Gasteiger partial charge in [-0.3, -0.25) is 0 Å². The Morgan fingerprint density at radius 3 is 2.40 bits per heavy atom. The Balaban J connectivity index is 2.52. The van der Waals surface area contributed by atoms with Gasteiger partial charge in [-0.1, -0.05) is 17.7 Å². The van der Waals surface area contributed by atoms with Gasteiger partial charge in [0.2, 0.25) is 9.84 Å². The van der Waals surface area contributed by atoms with Crippen molar-refractivity contribution in [3.8, 4) is 0 Å². The van der Waals surface area contributed by atoms with E-state index in [4.69, 9.17) is 0 Å². The molecule has 1 aromatic carbocycles. The van der Waals surface area contributed by atoms with Crippen LogP contribution in [0.5, 0.6) is 0 Å². The number of rotatable bonds is 2. The smallest absolute Gasteiger partial charge is 0.215 e. The van der Waals surface area contributed by atoms with Crippen molar-refractivity contribution in [2.75, 3.05) is 0 Å². The molecule has 0 bridgehead atoms. The van der Waals surface area contributed by atoms with Gasteiger partial charge in [0.05, 0.1) is 4.90 Å². The molecule has 0 radical (unpaired) electrons. The summed E-state index contributed by atoms with van der Waals surface area (Å²) < 4.78 is 27.5. The van der Waals surface area contributed by atoms with E-state index in [2.05, 4.69) is 9.36 Å². The third kappa shape index (κ3) is 1.91.